The van der Waals surface area contributed by atoms with Crippen LogP contribution in [-0.2, 0) is 20.8 Å². The lowest BCUT2D eigenvalue weighted by Crippen LogP contribution is -2.76. The van der Waals surface area contributed by atoms with Crippen molar-refractivity contribution in [2.24, 2.45) is 17.6 Å². The highest BCUT2D eigenvalue weighted by atomic mass is 32.2. The van der Waals surface area contributed by atoms with E-state index in [0.717, 1.165) is 75.8 Å². The number of hydrogen-bond donors (Lipinski definition) is 3. The largest absolute Gasteiger partial charge is 0.477 e. The van der Waals surface area contributed by atoms with Gasteiger partial charge in [0.2, 0.25) is 5.91 Å². The maximum absolute atomic E-state index is 12.5. The first-order chi connectivity index (χ1) is 20.0. The number of aliphatic hydroxyl groups excluding tert-OH is 1. The summed E-state index contributed by atoms with van der Waals surface area (Å²) in [5, 5.41) is 19.8. The number of thiazole rings is 1. The minimum absolute atomic E-state index is 0.0527. The van der Waals surface area contributed by atoms with Gasteiger partial charge in [0.25, 0.3) is 5.91 Å². The summed E-state index contributed by atoms with van der Waals surface area (Å²) in [6.45, 7) is 11.4. The molecule has 1 aromatic carbocycles. The highest BCUT2D eigenvalue weighted by Crippen LogP contribution is 2.46. The smallest absolute Gasteiger partial charge is 0.353 e. The van der Waals surface area contributed by atoms with Crippen molar-refractivity contribution in [1.29, 1.82) is 0 Å². The quantitative estimate of drug-likeness (QED) is 0.168. The van der Waals surface area contributed by atoms with Gasteiger partial charge in [-0.25, -0.2) is 9.78 Å². The van der Waals surface area contributed by atoms with E-state index in [0.29, 0.717) is 17.9 Å². The van der Waals surface area contributed by atoms with E-state index in [1.54, 1.807) is 18.3 Å². The van der Waals surface area contributed by atoms with Crippen LogP contribution in [0.15, 0.2) is 33.8 Å². The molecule has 5 aliphatic heterocycles. The second-order valence-electron chi connectivity index (χ2n) is 12.3. The molecule has 7 rings (SSSR count). The number of β-lactam (4-membered cyclic amide) rings is 1. The van der Waals surface area contributed by atoms with E-state index in [4.69, 9.17) is 10.7 Å². The molecule has 0 unspecified atom stereocenters. The second-order valence-corrected chi connectivity index (χ2v) is 14.6. The summed E-state index contributed by atoms with van der Waals surface area (Å²) in [4.78, 5) is 42.1. The van der Waals surface area contributed by atoms with Gasteiger partial charge < -0.3 is 29.8 Å². The molecule has 1 aromatic heterocycles. The molecule has 222 valence electrons. The third-order valence-electron chi connectivity index (χ3n) is 9.81. The molecule has 0 radical (unpaired) electrons. The molecule has 0 spiro atoms. The van der Waals surface area contributed by atoms with Crippen molar-refractivity contribution in [3.63, 3.8) is 0 Å². The number of amides is 2. The number of carbonyl (C=O) groups excluding carboxylic acids is 2. The molecule has 2 aromatic rings. The van der Waals surface area contributed by atoms with Crippen molar-refractivity contribution in [1.82, 2.24) is 9.88 Å². The van der Waals surface area contributed by atoms with Gasteiger partial charge in [-0.1, -0.05) is 36.6 Å². The first kappa shape index (κ1) is 29.1. The van der Waals surface area contributed by atoms with Gasteiger partial charge in [0.15, 0.2) is 10.9 Å². The van der Waals surface area contributed by atoms with Gasteiger partial charge >= 0.3 is 5.97 Å². The zero-order valence-electron chi connectivity index (χ0n) is 23.9. The van der Waals surface area contributed by atoms with Crippen molar-refractivity contribution in [3.8, 4) is 11.8 Å². The zero-order chi connectivity index (χ0) is 29.8. The maximum atomic E-state index is 12.5. The Bertz CT molecular complexity index is 1530. The summed E-state index contributed by atoms with van der Waals surface area (Å²) >= 11 is 3.15. The number of aliphatic carboxylic acids is 1. The number of piperazine rings is 3. The highest BCUT2D eigenvalue weighted by molar-refractivity contribution is 8.01. The molecule has 0 saturated carbocycles. The fourth-order valence-corrected chi connectivity index (χ4v) is 9.13. The third-order valence-corrected chi connectivity index (χ3v) is 11.9. The Morgan fingerprint density at radius 1 is 1.21 bits per heavy atom. The first-order valence-corrected chi connectivity index (χ1v) is 16.3. The van der Waals surface area contributed by atoms with E-state index >= 15 is 0 Å². The Kier molecular flexibility index (Phi) is 7.60. The summed E-state index contributed by atoms with van der Waals surface area (Å²) in [5.74, 6) is 4.02. The van der Waals surface area contributed by atoms with Gasteiger partial charge in [-0.2, -0.15) is 0 Å². The van der Waals surface area contributed by atoms with Crippen LogP contribution < -0.4 is 5.73 Å². The Hall–Kier alpha value is -2.95. The van der Waals surface area contributed by atoms with Crippen LogP contribution in [0.1, 0.15) is 19.4 Å². The molecule has 4 atom stereocenters. The molecule has 2 amide bonds. The van der Waals surface area contributed by atoms with Gasteiger partial charge in [0, 0.05) is 17.9 Å². The monoisotopic (exact) mass is 611 g/mol. The Balaban J connectivity index is 1.07. The number of rotatable bonds is 9. The van der Waals surface area contributed by atoms with Crippen LogP contribution in [-0.4, -0.2) is 117 Å². The van der Waals surface area contributed by atoms with Gasteiger partial charge in [0.1, 0.15) is 45.0 Å². The average Bonchev–Trinajstić information content (AvgIpc) is 3.46. The standard InChI is InChI=1S/C30H35N5O5S2/c1-18-21(27(29(39)40)33-26(18)25(19(2)36)28(33)38)4-3-15-41-30-32-22-16-20(5-6-23(22)42-30)7-8-34-9-12-35(13-10-34,14-11-34)17-24(31)37/h5-6,16,18-19,25-26,36H,7-15,17H2,1-2H3,(H-2,31,37,39,40)/p+2/t18-,19+,25+,26+,34?,35?/m0/s1. The summed E-state index contributed by atoms with van der Waals surface area (Å²) in [6, 6.07) is 6.17. The molecule has 42 heavy (non-hydrogen) atoms. The molecular formula is C30H37N5O5S2+2. The molecule has 4 fully saturated rings. The van der Waals surface area contributed by atoms with Gasteiger partial charge in [-0.05, 0) is 24.6 Å². The van der Waals surface area contributed by atoms with E-state index < -0.39 is 18.0 Å². The number of benzene rings is 1. The van der Waals surface area contributed by atoms with Crippen LogP contribution in [0.5, 0.6) is 0 Å². The molecule has 0 aliphatic carbocycles. The van der Waals surface area contributed by atoms with E-state index in [2.05, 4.69) is 30.0 Å². The van der Waals surface area contributed by atoms with Gasteiger partial charge in [-0.3, -0.25) is 9.59 Å². The number of carboxylic acid groups (broad SMARTS) is 1. The number of nitrogens with zero attached hydrogens (tertiary/aromatic N) is 4. The molecule has 6 heterocycles. The Morgan fingerprint density at radius 2 is 1.90 bits per heavy atom. The molecular weight excluding hydrogens is 574 g/mol. The van der Waals surface area contributed by atoms with Crippen LogP contribution in [0.4, 0.5) is 0 Å². The number of quaternary nitrogens is 2. The fraction of sp³-hybridized carbons (Fsp3) is 0.533. The van der Waals surface area contributed by atoms with Crippen LogP contribution in [0, 0.1) is 23.7 Å². The lowest BCUT2D eigenvalue weighted by molar-refractivity contribution is -1.08. The van der Waals surface area contributed by atoms with E-state index in [1.165, 1.54) is 22.2 Å². The summed E-state index contributed by atoms with van der Waals surface area (Å²) in [7, 11) is 0. The Labute approximate surface area is 253 Å². The zero-order valence-corrected chi connectivity index (χ0v) is 25.5. The Morgan fingerprint density at radius 3 is 2.55 bits per heavy atom. The fourth-order valence-electron chi connectivity index (χ4n) is 7.34. The number of aliphatic hydroxyl groups is 1. The van der Waals surface area contributed by atoms with Gasteiger partial charge in [0.05, 0.1) is 40.6 Å². The van der Waals surface area contributed by atoms with Crippen LogP contribution >= 0.6 is 23.1 Å². The van der Waals surface area contributed by atoms with Crippen molar-refractivity contribution in [2.45, 2.75) is 36.8 Å². The number of hydrogen-bond acceptors (Lipinski definition) is 7. The third kappa shape index (κ3) is 5.11. The molecule has 10 nitrogen and oxygen atoms in total. The minimum Gasteiger partial charge on any atom is -0.477 e. The lowest BCUT2D eigenvalue weighted by Gasteiger charge is -2.55. The van der Waals surface area contributed by atoms with E-state index in [9.17, 15) is 24.6 Å². The van der Waals surface area contributed by atoms with Crippen molar-refractivity contribution in [3.05, 3.63) is 35.0 Å². The highest BCUT2D eigenvalue weighted by Gasteiger charge is 2.59. The number of primary amides is 1. The molecule has 4 saturated heterocycles. The van der Waals surface area contributed by atoms with E-state index in [-0.39, 0.29) is 29.5 Å². The summed E-state index contributed by atoms with van der Waals surface area (Å²) in [6.07, 6.45) is 0.161. The predicted octanol–water partition coefficient (Wildman–Crippen LogP) is 1.28. The maximum Gasteiger partial charge on any atom is 0.353 e. The minimum atomic E-state index is -1.17. The number of nitrogens with two attached hydrogens (primary N) is 1. The van der Waals surface area contributed by atoms with Crippen LogP contribution in [0.2, 0.25) is 0 Å². The SMILES string of the molecule is C[C@@H](O)[C@H]1C(=O)N2C(C(=O)O)=C(C#CCSc3nc4cc(CC[N+]56CC[N+](CC(N)=O)(CC5)CC6)ccc4s3)[C@H](C)[C@H]12. The molecule has 4 N–H and O–H groups in total. The van der Waals surface area contributed by atoms with Crippen LogP contribution in [0.25, 0.3) is 10.2 Å². The number of carbonyl (C=O) groups is 3. The van der Waals surface area contributed by atoms with Crippen molar-refractivity contribution in [2.75, 3.05) is 58.1 Å². The molecule has 5 aliphatic rings. The number of aromatic nitrogens is 1. The number of fused-ring (bicyclic) bond motifs is 5. The first-order valence-electron chi connectivity index (χ1n) is 14.5. The van der Waals surface area contributed by atoms with Crippen molar-refractivity contribution < 1.29 is 33.6 Å². The average molecular weight is 612 g/mol. The normalized spacial score (nSPS) is 30.6. The summed E-state index contributed by atoms with van der Waals surface area (Å²) in [5.41, 5.74) is 8.17. The lowest BCUT2D eigenvalue weighted by atomic mass is 9.78. The topological polar surface area (TPSA) is 134 Å². The molecule has 12 heteroatoms. The number of thioether (sulfide) groups is 1. The van der Waals surface area contributed by atoms with Crippen LogP contribution in [0.3, 0.4) is 0 Å². The van der Waals surface area contributed by atoms with E-state index in [1.807, 2.05) is 6.92 Å². The van der Waals surface area contributed by atoms with Crippen molar-refractivity contribution >= 4 is 51.1 Å². The molecule has 2 bridgehead atoms. The summed E-state index contributed by atoms with van der Waals surface area (Å²) < 4.78 is 4.02. The number of carboxylic acids is 1. The predicted molar refractivity (Wildman–Crippen MR) is 160 cm³/mol. The second kappa shape index (κ2) is 11.0. The van der Waals surface area contributed by atoms with Gasteiger partial charge in [-0.15, -0.1) is 11.3 Å².